The normalized spacial score (nSPS) is 14.0. The zero-order valence-electron chi connectivity index (χ0n) is 6.43. The van der Waals surface area contributed by atoms with Crippen molar-refractivity contribution in [2.45, 2.75) is 20.0 Å². The fourth-order valence-corrected chi connectivity index (χ4v) is 1.36. The molecule has 3 heteroatoms. The van der Waals surface area contributed by atoms with E-state index in [0.717, 1.165) is 0 Å². The molecule has 0 unspecified atom stereocenters. The Kier molecular flexibility index (Phi) is 2.94. The third-order valence-electron chi connectivity index (χ3n) is 1.40. The van der Waals surface area contributed by atoms with Crippen LogP contribution in [-0.2, 0) is 4.43 Å². The average Bonchev–Trinajstić information content (AvgIpc) is 1.86. The van der Waals surface area contributed by atoms with Crippen LogP contribution < -0.4 is 0 Å². The second-order valence-electron chi connectivity index (χ2n) is 2.39. The van der Waals surface area contributed by atoms with E-state index in [0.29, 0.717) is 5.38 Å². The van der Waals surface area contributed by atoms with Gasteiger partial charge in [0.1, 0.15) is 0 Å². The van der Waals surface area contributed by atoms with E-state index in [-0.39, 0.29) is 0 Å². The van der Waals surface area contributed by atoms with Gasteiger partial charge in [0.2, 0.25) is 0 Å². The fourth-order valence-electron chi connectivity index (χ4n) is 0.452. The van der Waals surface area contributed by atoms with Crippen LogP contribution in [0.5, 0.6) is 0 Å². The fraction of sp³-hybridized carbons (Fsp3) is 0.667. The summed E-state index contributed by atoms with van der Waals surface area (Å²) in [5, 5.41) is 9.59. The topological polar surface area (TPSA) is 29.5 Å². The highest BCUT2D eigenvalue weighted by molar-refractivity contribution is 6.77. The Hall–Kier alpha value is -0.283. The zero-order valence-corrected chi connectivity index (χ0v) is 7.43. The molecule has 0 aromatic heterocycles. The van der Waals surface area contributed by atoms with E-state index in [1.165, 1.54) is 0 Å². The van der Waals surface area contributed by atoms with Crippen molar-refractivity contribution in [2.24, 2.45) is 0 Å². The minimum absolute atomic E-state index is 0.407. The Labute approximate surface area is 57.3 Å². The Balaban J connectivity index is 4.14. The molecule has 0 amide bonds. The summed E-state index contributed by atoms with van der Waals surface area (Å²) in [6, 6.07) is 0. The van der Waals surface area contributed by atoms with Crippen LogP contribution in [0, 0.1) is 0 Å². The van der Waals surface area contributed by atoms with Gasteiger partial charge in [0, 0.05) is 7.11 Å². The zero-order chi connectivity index (χ0) is 7.49. The van der Waals surface area contributed by atoms with Gasteiger partial charge in [-0.15, -0.1) is 0 Å². The highest BCUT2D eigenvalue weighted by Crippen LogP contribution is 2.11. The van der Waals surface area contributed by atoms with Crippen LogP contribution in [-0.4, -0.2) is 20.5 Å². The van der Waals surface area contributed by atoms with E-state index in [1.54, 1.807) is 13.2 Å². The molecule has 0 aliphatic carbocycles. The van der Waals surface area contributed by atoms with Crippen molar-refractivity contribution in [1.82, 2.24) is 0 Å². The highest BCUT2D eigenvalue weighted by atomic mass is 28.4. The van der Waals surface area contributed by atoms with Gasteiger partial charge in [0.15, 0.2) is 0 Å². The van der Waals surface area contributed by atoms with Gasteiger partial charge in [-0.25, -0.2) is 0 Å². The van der Waals surface area contributed by atoms with Crippen LogP contribution >= 0.6 is 0 Å². The standard InChI is InChI=1S/C6H14O2Si/c1-5-6(7)9(3,4)8-2/h5,7H,1-4H3/b6-5+. The van der Waals surface area contributed by atoms with Crippen molar-refractivity contribution in [3.63, 3.8) is 0 Å². The Morgan fingerprint density at radius 3 is 2.11 bits per heavy atom. The smallest absolute Gasteiger partial charge is 0.255 e. The van der Waals surface area contributed by atoms with Gasteiger partial charge in [-0.2, -0.15) is 0 Å². The lowest BCUT2D eigenvalue weighted by molar-refractivity contribution is 0.362. The monoisotopic (exact) mass is 146 g/mol. The van der Waals surface area contributed by atoms with E-state index in [1.807, 2.05) is 20.0 Å². The molecule has 0 fully saturated rings. The summed E-state index contributed by atoms with van der Waals surface area (Å²) in [5.74, 6) is 0. The highest BCUT2D eigenvalue weighted by Gasteiger charge is 2.25. The first kappa shape index (κ1) is 8.72. The van der Waals surface area contributed by atoms with E-state index >= 15 is 0 Å². The molecule has 1 N–H and O–H groups in total. The summed E-state index contributed by atoms with van der Waals surface area (Å²) in [6.07, 6.45) is 1.69. The van der Waals surface area contributed by atoms with E-state index in [4.69, 9.17) is 4.43 Å². The third kappa shape index (κ3) is 2.20. The van der Waals surface area contributed by atoms with Gasteiger partial charge in [0.25, 0.3) is 8.32 Å². The third-order valence-corrected chi connectivity index (χ3v) is 3.94. The molecule has 0 rings (SSSR count). The van der Waals surface area contributed by atoms with Gasteiger partial charge in [-0.1, -0.05) is 6.08 Å². The van der Waals surface area contributed by atoms with Crippen LogP contribution in [0.25, 0.3) is 0 Å². The molecule has 0 saturated carbocycles. The molecule has 0 aromatic carbocycles. The minimum Gasteiger partial charge on any atom is -0.515 e. The Bertz CT molecular complexity index is 118. The molecule has 0 radical (unpaired) electrons. The molecule has 0 atom stereocenters. The number of allylic oxidation sites excluding steroid dienone is 1. The summed E-state index contributed by atoms with van der Waals surface area (Å²) in [4.78, 5) is 0. The van der Waals surface area contributed by atoms with Crippen LogP contribution in [0.15, 0.2) is 11.5 Å². The van der Waals surface area contributed by atoms with Crippen molar-refractivity contribution in [3.05, 3.63) is 11.5 Å². The number of aliphatic hydroxyl groups is 1. The molecule has 0 spiro atoms. The van der Waals surface area contributed by atoms with Crippen molar-refractivity contribution in [3.8, 4) is 0 Å². The molecule has 0 aliphatic rings. The van der Waals surface area contributed by atoms with Crippen LogP contribution in [0.1, 0.15) is 6.92 Å². The molecule has 0 aromatic rings. The average molecular weight is 146 g/mol. The Morgan fingerprint density at radius 2 is 2.00 bits per heavy atom. The quantitative estimate of drug-likeness (QED) is 0.476. The number of rotatable bonds is 2. The van der Waals surface area contributed by atoms with Crippen molar-refractivity contribution in [2.75, 3.05) is 7.11 Å². The van der Waals surface area contributed by atoms with Gasteiger partial charge in [-0.3, -0.25) is 0 Å². The number of hydrogen-bond donors (Lipinski definition) is 1. The largest absolute Gasteiger partial charge is 0.515 e. The molecular formula is C6H14O2Si. The SMILES string of the molecule is C/C=C(\O)[Si](C)(C)OC. The summed E-state index contributed by atoms with van der Waals surface area (Å²) in [7, 11) is -0.233. The first-order chi connectivity index (χ1) is 4.04. The van der Waals surface area contributed by atoms with Crippen LogP contribution in [0.4, 0.5) is 0 Å². The number of aliphatic hydroxyl groups excluding tert-OH is 1. The molecule has 9 heavy (non-hydrogen) atoms. The molecule has 2 nitrogen and oxygen atoms in total. The lowest BCUT2D eigenvalue weighted by Gasteiger charge is -2.17. The van der Waals surface area contributed by atoms with E-state index in [2.05, 4.69) is 0 Å². The van der Waals surface area contributed by atoms with Crippen LogP contribution in [0.3, 0.4) is 0 Å². The maximum Gasteiger partial charge on any atom is 0.255 e. The molecule has 0 aliphatic heterocycles. The first-order valence-electron chi connectivity index (χ1n) is 2.95. The predicted molar refractivity (Wildman–Crippen MR) is 40.9 cm³/mol. The Morgan fingerprint density at radius 1 is 1.56 bits per heavy atom. The van der Waals surface area contributed by atoms with Crippen molar-refractivity contribution < 1.29 is 9.53 Å². The second kappa shape index (κ2) is 3.03. The van der Waals surface area contributed by atoms with Gasteiger partial charge in [-0.05, 0) is 20.0 Å². The molecule has 0 bridgehead atoms. The summed E-state index contributed by atoms with van der Waals surface area (Å²) in [6.45, 7) is 5.70. The first-order valence-corrected chi connectivity index (χ1v) is 5.86. The van der Waals surface area contributed by atoms with E-state index in [9.17, 15) is 5.11 Å². The van der Waals surface area contributed by atoms with Gasteiger partial charge in [0.05, 0.1) is 5.38 Å². The van der Waals surface area contributed by atoms with E-state index < -0.39 is 8.32 Å². The maximum atomic E-state index is 9.18. The van der Waals surface area contributed by atoms with Gasteiger partial charge < -0.3 is 9.53 Å². The van der Waals surface area contributed by atoms with Crippen molar-refractivity contribution >= 4 is 8.32 Å². The summed E-state index contributed by atoms with van der Waals surface area (Å²) in [5.41, 5.74) is 0. The molecule has 54 valence electrons. The van der Waals surface area contributed by atoms with Gasteiger partial charge >= 0.3 is 0 Å². The summed E-state index contributed by atoms with van der Waals surface area (Å²) < 4.78 is 5.11. The number of hydrogen-bond acceptors (Lipinski definition) is 2. The predicted octanol–water partition coefficient (Wildman–Crippen LogP) is 1.84. The summed E-state index contributed by atoms with van der Waals surface area (Å²) >= 11 is 0. The van der Waals surface area contributed by atoms with Crippen LogP contribution in [0.2, 0.25) is 13.1 Å². The minimum atomic E-state index is -1.86. The van der Waals surface area contributed by atoms with Crippen molar-refractivity contribution in [1.29, 1.82) is 0 Å². The lowest BCUT2D eigenvalue weighted by atomic mass is 10.7. The lowest BCUT2D eigenvalue weighted by Crippen LogP contribution is -2.31. The molecular weight excluding hydrogens is 132 g/mol. The second-order valence-corrected chi connectivity index (χ2v) is 6.33. The maximum absolute atomic E-state index is 9.18. The molecule has 0 saturated heterocycles. The molecule has 0 heterocycles.